The van der Waals surface area contributed by atoms with Gasteiger partial charge in [-0.05, 0) is 74.9 Å². The molecule has 0 aliphatic carbocycles. The van der Waals surface area contributed by atoms with Gasteiger partial charge in [0, 0.05) is 16.5 Å². The summed E-state index contributed by atoms with van der Waals surface area (Å²) in [6.45, 7) is 5.74. The first kappa shape index (κ1) is 32.1. The highest BCUT2D eigenvalue weighted by Gasteiger charge is 2.56. The van der Waals surface area contributed by atoms with Gasteiger partial charge >= 0.3 is 10.8 Å². The Hall–Kier alpha value is -4.88. The topological polar surface area (TPSA) is 144 Å². The summed E-state index contributed by atoms with van der Waals surface area (Å²) in [5.74, 6) is -2.46. The van der Waals surface area contributed by atoms with Gasteiger partial charge in [-0.1, -0.05) is 46.9 Å². The van der Waals surface area contributed by atoms with E-state index in [4.69, 9.17) is 14.2 Å². The molecule has 0 bridgehead atoms. The van der Waals surface area contributed by atoms with Gasteiger partial charge in [0.25, 0.3) is 5.91 Å². The molecule has 242 valence electrons. The second-order valence-electron chi connectivity index (χ2n) is 10.9. The largest absolute Gasteiger partial charge is 0.490 e. The summed E-state index contributed by atoms with van der Waals surface area (Å²) < 4.78 is 16.8. The third kappa shape index (κ3) is 6.41. The van der Waals surface area contributed by atoms with E-state index in [2.05, 4.69) is 10.3 Å². The van der Waals surface area contributed by atoms with E-state index in [1.807, 2.05) is 38.1 Å². The van der Waals surface area contributed by atoms with Gasteiger partial charge in [-0.25, -0.2) is 9.69 Å². The molecule has 2 N–H and O–H groups in total. The molecule has 3 heterocycles. The monoisotopic (exact) mass is 673 g/mol. The van der Waals surface area contributed by atoms with Crippen molar-refractivity contribution in [2.75, 3.05) is 30.0 Å². The van der Waals surface area contributed by atoms with Gasteiger partial charge in [-0.3, -0.25) is 19.2 Å². The first-order valence-electron chi connectivity index (χ1n) is 15.0. The number of ether oxygens (including phenoxy) is 3. The van der Waals surface area contributed by atoms with E-state index in [-0.39, 0.29) is 24.0 Å². The fraction of sp³-hybridized carbons (Fsp3) is 0.265. The van der Waals surface area contributed by atoms with Crippen molar-refractivity contribution in [3.63, 3.8) is 0 Å². The maximum Gasteiger partial charge on any atom is 0.338 e. The van der Waals surface area contributed by atoms with Crippen LogP contribution in [0.15, 0.2) is 76.6 Å². The lowest BCUT2D eigenvalue weighted by molar-refractivity contribution is -0.122. The minimum atomic E-state index is -0.822. The van der Waals surface area contributed by atoms with Crippen molar-refractivity contribution in [2.24, 2.45) is 5.92 Å². The Morgan fingerprint density at radius 1 is 0.894 bits per heavy atom. The number of amides is 3. The number of hydrogen-bond donors (Lipinski definition) is 2. The molecule has 13 heteroatoms. The van der Waals surface area contributed by atoms with Crippen LogP contribution in [0.1, 0.15) is 46.1 Å². The molecule has 3 aromatic carbocycles. The summed E-state index contributed by atoms with van der Waals surface area (Å²) in [6, 6.07) is 18.7. The van der Waals surface area contributed by atoms with Crippen LogP contribution in [0.4, 0.5) is 11.4 Å². The molecular formula is C34H31N3O8S2. The minimum Gasteiger partial charge on any atom is -0.490 e. The molecule has 1 saturated heterocycles. The second-order valence-corrected chi connectivity index (χ2v) is 13.0. The number of esters is 1. The van der Waals surface area contributed by atoms with E-state index in [1.54, 1.807) is 37.3 Å². The highest BCUT2D eigenvalue weighted by Crippen LogP contribution is 2.53. The Morgan fingerprint density at radius 3 is 2.34 bits per heavy atom. The van der Waals surface area contributed by atoms with Crippen LogP contribution >= 0.6 is 23.1 Å². The smallest absolute Gasteiger partial charge is 0.338 e. The zero-order chi connectivity index (χ0) is 33.2. The molecule has 0 spiro atoms. The minimum absolute atomic E-state index is 0.222. The predicted octanol–water partition coefficient (Wildman–Crippen LogP) is 5.13. The number of aromatic nitrogens is 1. The lowest BCUT2D eigenvalue weighted by Crippen LogP contribution is -2.32. The molecule has 1 fully saturated rings. The SMILES string of the molecule is CCOC(=O)c1ccc(N2C(=O)C3Sc4[nH]c(=O)sc4[C@H](c4ccc(OCC(=O)Nc5ccc(C)cc5)c(OCC)c4)C3C2=O)cc1. The van der Waals surface area contributed by atoms with Crippen LogP contribution in [0.2, 0.25) is 0 Å². The molecule has 1 aromatic heterocycles. The first-order chi connectivity index (χ1) is 22.7. The van der Waals surface area contributed by atoms with Crippen LogP contribution in [0, 0.1) is 12.8 Å². The lowest BCUT2D eigenvalue weighted by atomic mass is 9.83. The molecule has 47 heavy (non-hydrogen) atoms. The number of H-pyrrole nitrogens is 1. The van der Waals surface area contributed by atoms with Gasteiger partial charge in [0.1, 0.15) is 5.25 Å². The Morgan fingerprint density at radius 2 is 1.64 bits per heavy atom. The van der Waals surface area contributed by atoms with E-state index in [9.17, 15) is 24.0 Å². The molecule has 4 aromatic rings. The lowest BCUT2D eigenvalue weighted by Gasteiger charge is -2.30. The van der Waals surface area contributed by atoms with Crippen LogP contribution in [0.25, 0.3) is 0 Å². The Bertz CT molecular complexity index is 1900. The molecule has 11 nitrogen and oxygen atoms in total. The van der Waals surface area contributed by atoms with Crippen molar-refractivity contribution in [2.45, 2.75) is 37.0 Å². The number of aromatic amines is 1. The number of anilines is 2. The summed E-state index contributed by atoms with van der Waals surface area (Å²) >= 11 is 2.17. The normalized spacial score (nSPS) is 18.4. The molecular weight excluding hydrogens is 643 g/mol. The number of thiazole rings is 1. The number of carbonyl (C=O) groups excluding carboxylic acids is 4. The molecule has 2 aliphatic heterocycles. The van der Waals surface area contributed by atoms with Gasteiger partial charge in [-0.2, -0.15) is 0 Å². The summed E-state index contributed by atoms with van der Waals surface area (Å²) in [7, 11) is 0. The van der Waals surface area contributed by atoms with Crippen molar-refractivity contribution in [3.8, 4) is 11.5 Å². The quantitative estimate of drug-likeness (QED) is 0.173. The van der Waals surface area contributed by atoms with E-state index in [1.165, 1.54) is 23.9 Å². The predicted molar refractivity (Wildman–Crippen MR) is 178 cm³/mol. The number of imide groups is 1. The molecule has 2 unspecified atom stereocenters. The number of thioether (sulfide) groups is 1. The van der Waals surface area contributed by atoms with Crippen LogP contribution in [-0.2, 0) is 19.1 Å². The van der Waals surface area contributed by atoms with Gasteiger partial charge in [0.15, 0.2) is 18.1 Å². The van der Waals surface area contributed by atoms with Crippen molar-refractivity contribution in [1.29, 1.82) is 0 Å². The number of nitrogens with zero attached hydrogens (tertiary/aromatic N) is 1. The van der Waals surface area contributed by atoms with Crippen LogP contribution in [-0.4, -0.2) is 53.7 Å². The summed E-state index contributed by atoms with van der Waals surface area (Å²) in [4.78, 5) is 69.5. The highest BCUT2D eigenvalue weighted by molar-refractivity contribution is 8.00. The Kier molecular flexibility index (Phi) is 9.19. The van der Waals surface area contributed by atoms with Crippen LogP contribution in [0.3, 0.4) is 0 Å². The standard InChI is InChI=1S/C34H31N3O8S2/c1-4-43-24-16-20(10-15-23(24)45-17-25(38)35-21-11-6-18(3)7-12-21)26-27-29(46-30-28(26)47-34(42)36-30)32(40)37(31(27)39)22-13-8-19(9-14-22)33(41)44-5-2/h6-16,26-27,29H,4-5,17H2,1-3H3,(H,35,38)(H,36,42)/t26-,27?,29?/m1/s1. The number of rotatable bonds is 10. The number of hydrogen-bond acceptors (Lipinski definition) is 10. The number of nitrogens with one attached hydrogen (secondary N) is 2. The van der Waals surface area contributed by atoms with Crippen LogP contribution in [0.5, 0.6) is 11.5 Å². The summed E-state index contributed by atoms with van der Waals surface area (Å²) in [5, 5.41) is 2.54. The molecule has 2 aliphatic rings. The van der Waals surface area contributed by atoms with Crippen molar-refractivity contribution in [3.05, 3.63) is 98.0 Å². The van der Waals surface area contributed by atoms with E-state index in [0.717, 1.165) is 21.8 Å². The molecule has 3 amide bonds. The van der Waals surface area contributed by atoms with Crippen LogP contribution < -0.4 is 24.6 Å². The zero-order valence-corrected chi connectivity index (χ0v) is 27.4. The third-order valence-corrected chi connectivity index (χ3v) is 10.2. The zero-order valence-electron chi connectivity index (χ0n) is 25.7. The average molecular weight is 674 g/mol. The van der Waals surface area contributed by atoms with E-state index < -0.39 is 34.9 Å². The molecule has 6 rings (SSSR count). The van der Waals surface area contributed by atoms with Gasteiger partial charge in [0.05, 0.1) is 35.4 Å². The highest BCUT2D eigenvalue weighted by atomic mass is 32.2. The first-order valence-corrected chi connectivity index (χ1v) is 16.7. The Labute approximate surface area is 278 Å². The average Bonchev–Trinajstić information content (AvgIpc) is 3.55. The molecule has 0 saturated carbocycles. The van der Waals surface area contributed by atoms with Gasteiger partial charge in [0.2, 0.25) is 11.8 Å². The molecule has 3 atom stereocenters. The number of carbonyl (C=O) groups is 4. The number of benzene rings is 3. The second kappa shape index (κ2) is 13.5. The van der Waals surface area contributed by atoms with E-state index >= 15 is 0 Å². The Balaban J connectivity index is 1.29. The number of fused-ring (bicyclic) bond motifs is 2. The maximum absolute atomic E-state index is 14.1. The fourth-order valence-corrected chi connectivity index (χ4v) is 8.19. The number of aryl methyl sites for hydroxylation is 1. The van der Waals surface area contributed by atoms with Gasteiger partial charge in [-0.15, -0.1) is 0 Å². The summed E-state index contributed by atoms with van der Waals surface area (Å²) in [6.07, 6.45) is 0. The fourth-order valence-electron chi connectivity index (χ4n) is 5.67. The maximum atomic E-state index is 14.1. The van der Waals surface area contributed by atoms with Crippen molar-refractivity contribution >= 4 is 58.2 Å². The molecule has 0 radical (unpaired) electrons. The summed E-state index contributed by atoms with van der Waals surface area (Å²) in [5.41, 5.74) is 3.01. The van der Waals surface area contributed by atoms with Gasteiger partial charge < -0.3 is 24.5 Å². The van der Waals surface area contributed by atoms with Crippen molar-refractivity contribution < 1.29 is 33.4 Å². The van der Waals surface area contributed by atoms with Crippen molar-refractivity contribution in [1.82, 2.24) is 4.98 Å². The van der Waals surface area contributed by atoms with E-state index in [0.29, 0.717) is 50.5 Å². The third-order valence-electron chi connectivity index (χ3n) is 7.78.